The van der Waals surface area contributed by atoms with Crippen molar-refractivity contribution in [2.24, 2.45) is 0 Å². The highest BCUT2D eigenvalue weighted by molar-refractivity contribution is 5.84. The van der Waals surface area contributed by atoms with Gasteiger partial charge in [0.25, 0.3) is 0 Å². The highest BCUT2D eigenvalue weighted by Crippen LogP contribution is 2.43. The molecule has 7 heteroatoms. The lowest BCUT2D eigenvalue weighted by molar-refractivity contribution is 0.695. The Kier molecular flexibility index (Phi) is 4.63. The Morgan fingerprint density at radius 1 is 1.06 bits per heavy atom. The molecule has 0 saturated carbocycles. The summed E-state index contributed by atoms with van der Waals surface area (Å²) in [4.78, 5) is 16.7. The standard InChI is InChI=1S/C25H22N6O/c1-15-14-30(20-7-4-18(12-26)5-8-20)24-16(2)21(19-6-11-23(32)27-13-19)9-10-22(24)31-17(3)28-29-25(15)31/h4-11,13,15H,14H2,1-3H3,(H,27,32). The van der Waals surface area contributed by atoms with Gasteiger partial charge in [-0.2, -0.15) is 5.26 Å². The topological polar surface area (TPSA) is 90.6 Å². The molecule has 0 radical (unpaired) electrons. The van der Waals surface area contributed by atoms with Crippen LogP contribution >= 0.6 is 0 Å². The molecule has 5 rings (SSSR count). The van der Waals surface area contributed by atoms with Crippen molar-refractivity contribution in [2.45, 2.75) is 26.7 Å². The van der Waals surface area contributed by atoms with Crippen molar-refractivity contribution in [3.05, 3.63) is 87.9 Å². The Labute approximate surface area is 185 Å². The first-order valence-electron chi connectivity index (χ1n) is 10.5. The lowest BCUT2D eigenvalue weighted by atomic mass is 9.98. The fraction of sp³-hybridized carbons (Fsp3) is 0.200. The summed E-state index contributed by atoms with van der Waals surface area (Å²) in [7, 11) is 0. The number of hydrogen-bond donors (Lipinski definition) is 1. The first-order valence-corrected chi connectivity index (χ1v) is 10.5. The first kappa shape index (κ1) is 19.8. The summed E-state index contributed by atoms with van der Waals surface area (Å²) in [5.41, 5.74) is 6.67. The molecule has 0 saturated heterocycles. The lowest BCUT2D eigenvalue weighted by Crippen LogP contribution is -2.23. The van der Waals surface area contributed by atoms with Gasteiger partial charge in [-0.05, 0) is 66.9 Å². The number of rotatable bonds is 2. The number of benzene rings is 2. The molecule has 32 heavy (non-hydrogen) atoms. The van der Waals surface area contributed by atoms with E-state index in [2.05, 4.69) is 56.7 Å². The maximum Gasteiger partial charge on any atom is 0.247 e. The van der Waals surface area contributed by atoms with E-state index in [0.717, 1.165) is 45.4 Å². The average Bonchev–Trinajstić information content (AvgIpc) is 3.13. The van der Waals surface area contributed by atoms with Crippen molar-refractivity contribution in [2.75, 3.05) is 11.4 Å². The molecule has 0 spiro atoms. The summed E-state index contributed by atoms with van der Waals surface area (Å²) >= 11 is 0. The van der Waals surface area contributed by atoms with Crippen LogP contribution in [0.3, 0.4) is 0 Å². The minimum atomic E-state index is -0.126. The number of anilines is 2. The highest BCUT2D eigenvalue weighted by atomic mass is 16.1. The number of hydrogen-bond acceptors (Lipinski definition) is 5. The third-order valence-electron chi connectivity index (χ3n) is 6.07. The van der Waals surface area contributed by atoms with E-state index in [-0.39, 0.29) is 11.5 Å². The molecule has 0 fully saturated rings. The molecule has 3 heterocycles. The molecular weight excluding hydrogens is 400 g/mol. The van der Waals surface area contributed by atoms with Gasteiger partial charge in [0.05, 0.1) is 23.0 Å². The molecule has 1 aliphatic rings. The Morgan fingerprint density at radius 2 is 1.84 bits per heavy atom. The second-order valence-electron chi connectivity index (χ2n) is 8.16. The van der Waals surface area contributed by atoms with E-state index in [1.165, 1.54) is 0 Å². The van der Waals surface area contributed by atoms with Crippen LogP contribution in [0.1, 0.15) is 35.6 Å². The quantitative estimate of drug-likeness (QED) is 0.518. The van der Waals surface area contributed by atoms with Crippen LogP contribution in [0.5, 0.6) is 0 Å². The predicted octanol–water partition coefficient (Wildman–Crippen LogP) is 4.37. The number of nitriles is 1. The van der Waals surface area contributed by atoms with Gasteiger partial charge in [0.2, 0.25) is 5.56 Å². The van der Waals surface area contributed by atoms with Crippen molar-refractivity contribution in [1.29, 1.82) is 5.26 Å². The number of aromatic amines is 1. The van der Waals surface area contributed by atoms with Gasteiger partial charge in [0, 0.05) is 30.4 Å². The molecule has 0 amide bonds. The smallest absolute Gasteiger partial charge is 0.247 e. The zero-order valence-corrected chi connectivity index (χ0v) is 18.1. The van der Waals surface area contributed by atoms with Gasteiger partial charge < -0.3 is 9.88 Å². The molecule has 2 aromatic carbocycles. The fourth-order valence-corrected chi connectivity index (χ4v) is 4.49. The monoisotopic (exact) mass is 422 g/mol. The van der Waals surface area contributed by atoms with E-state index in [0.29, 0.717) is 12.1 Å². The number of nitrogens with zero attached hydrogens (tertiary/aromatic N) is 5. The molecule has 0 bridgehead atoms. The number of nitrogens with one attached hydrogen (secondary N) is 1. The third kappa shape index (κ3) is 3.08. The van der Waals surface area contributed by atoms with Gasteiger partial charge in [0.1, 0.15) is 11.6 Å². The Hall–Kier alpha value is -4.18. The van der Waals surface area contributed by atoms with Crippen LogP contribution in [0.25, 0.3) is 16.8 Å². The summed E-state index contributed by atoms with van der Waals surface area (Å²) in [6, 6.07) is 17.4. The van der Waals surface area contributed by atoms with E-state index in [1.54, 1.807) is 12.3 Å². The van der Waals surface area contributed by atoms with E-state index < -0.39 is 0 Å². The first-order chi connectivity index (χ1) is 15.5. The third-order valence-corrected chi connectivity index (χ3v) is 6.07. The normalized spacial score (nSPS) is 14.9. The van der Waals surface area contributed by atoms with Crippen LogP contribution < -0.4 is 10.5 Å². The number of H-pyrrole nitrogens is 1. The summed E-state index contributed by atoms with van der Waals surface area (Å²) in [6.07, 6.45) is 1.75. The largest absolute Gasteiger partial charge is 0.339 e. The number of aromatic nitrogens is 4. The molecule has 1 atom stereocenters. The van der Waals surface area contributed by atoms with Crippen molar-refractivity contribution in [3.8, 4) is 22.9 Å². The molecule has 4 aromatic rings. The molecule has 7 nitrogen and oxygen atoms in total. The minimum Gasteiger partial charge on any atom is -0.339 e. The minimum absolute atomic E-state index is 0.126. The maximum atomic E-state index is 11.6. The predicted molar refractivity (Wildman–Crippen MR) is 123 cm³/mol. The maximum absolute atomic E-state index is 11.6. The van der Waals surface area contributed by atoms with E-state index >= 15 is 0 Å². The van der Waals surface area contributed by atoms with Gasteiger partial charge in [-0.15, -0.1) is 10.2 Å². The summed E-state index contributed by atoms with van der Waals surface area (Å²) in [6.45, 7) is 6.94. The number of aryl methyl sites for hydroxylation is 1. The van der Waals surface area contributed by atoms with Crippen molar-refractivity contribution in [1.82, 2.24) is 19.7 Å². The van der Waals surface area contributed by atoms with Gasteiger partial charge in [-0.25, -0.2) is 0 Å². The molecule has 1 unspecified atom stereocenters. The number of fused-ring (bicyclic) bond motifs is 3. The fourth-order valence-electron chi connectivity index (χ4n) is 4.49. The molecule has 1 aliphatic heterocycles. The van der Waals surface area contributed by atoms with Crippen LogP contribution in [0.15, 0.2) is 59.5 Å². The summed E-state index contributed by atoms with van der Waals surface area (Å²) in [5, 5.41) is 18.0. The Morgan fingerprint density at radius 3 is 2.53 bits per heavy atom. The molecular formula is C25H22N6O. The average molecular weight is 422 g/mol. The highest BCUT2D eigenvalue weighted by Gasteiger charge is 2.30. The number of pyridine rings is 1. The van der Waals surface area contributed by atoms with Crippen molar-refractivity contribution < 1.29 is 0 Å². The van der Waals surface area contributed by atoms with Gasteiger partial charge in [-0.1, -0.05) is 13.0 Å². The van der Waals surface area contributed by atoms with E-state index in [9.17, 15) is 10.1 Å². The van der Waals surface area contributed by atoms with Crippen LogP contribution in [0.2, 0.25) is 0 Å². The van der Waals surface area contributed by atoms with Gasteiger partial charge >= 0.3 is 0 Å². The van der Waals surface area contributed by atoms with E-state index in [4.69, 9.17) is 0 Å². The van der Waals surface area contributed by atoms with E-state index in [1.807, 2.05) is 37.3 Å². The summed E-state index contributed by atoms with van der Waals surface area (Å²) in [5.74, 6) is 1.90. The summed E-state index contributed by atoms with van der Waals surface area (Å²) < 4.78 is 2.13. The molecule has 1 N–H and O–H groups in total. The zero-order valence-electron chi connectivity index (χ0n) is 18.1. The molecule has 158 valence electrons. The van der Waals surface area contributed by atoms with Crippen LogP contribution in [0, 0.1) is 25.2 Å². The van der Waals surface area contributed by atoms with Crippen molar-refractivity contribution >= 4 is 11.4 Å². The zero-order chi connectivity index (χ0) is 22.4. The SMILES string of the molecule is Cc1c(-c2ccc(=O)[nH]c2)ccc2c1N(c1ccc(C#N)cc1)CC(C)c1nnc(C)n1-2. The second-order valence-corrected chi connectivity index (χ2v) is 8.16. The van der Waals surface area contributed by atoms with Gasteiger partial charge in [-0.3, -0.25) is 9.36 Å². The van der Waals surface area contributed by atoms with Crippen LogP contribution in [0.4, 0.5) is 11.4 Å². The molecule has 2 aromatic heterocycles. The van der Waals surface area contributed by atoms with Gasteiger partial charge in [0.15, 0.2) is 0 Å². The second kappa shape index (κ2) is 7.50. The van der Waals surface area contributed by atoms with Crippen LogP contribution in [-0.2, 0) is 0 Å². The Balaban J connectivity index is 1.78. The Bertz CT molecular complexity index is 1400. The molecule has 0 aliphatic carbocycles. The lowest BCUT2D eigenvalue weighted by Gasteiger charge is -2.29. The van der Waals surface area contributed by atoms with Crippen molar-refractivity contribution in [3.63, 3.8) is 0 Å². The van der Waals surface area contributed by atoms with Crippen LogP contribution in [-0.4, -0.2) is 26.3 Å².